The Kier molecular flexibility index (Phi) is 5.75. The molecule has 0 radical (unpaired) electrons. The largest absolute Gasteiger partial charge is 0.480 e. The molecule has 0 saturated heterocycles. The number of hydrogen-bond acceptors (Lipinski definition) is 4. The minimum absolute atomic E-state index is 0.0325. The Hall–Kier alpha value is -1.63. The van der Waals surface area contributed by atoms with Crippen molar-refractivity contribution < 1.29 is 14.7 Å². The predicted molar refractivity (Wildman–Crippen MR) is 72.4 cm³/mol. The second-order valence-corrected chi connectivity index (χ2v) is 5.09. The standard InChI is InChI=1S/C12H18N2O4S/c1-3-9(11(16)17)13-10(15)5-4-6-14-8(2)7-19-12(14)18/h7,9H,3-6H2,1-2H3,(H,13,15)(H,16,17). The van der Waals surface area contributed by atoms with Crippen LogP contribution in [-0.2, 0) is 16.1 Å². The van der Waals surface area contributed by atoms with Crippen molar-refractivity contribution in [1.82, 2.24) is 9.88 Å². The Morgan fingerprint density at radius 1 is 1.53 bits per heavy atom. The van der Waals surface area contributed by atoms with Gasteiger partial charge in [0.2, 0.25) is 5.91 Å². The molecule has 7 heteroatoms. The van der Waals surface area contributed by atoms with E-state index < -0.39 is 12.0 Å². The molecule has 0 fully saturated rings. The monoisotopic (exact) mass is 286 g/mol. The van der Waals surface area contributed by atoms with Crippen LogP contribution in [0.4, 0.5) is 0 Å². The Morgan fingerprint density at radius 3 is 2.68 bits per heavy atom. The second kappa shape index (κ2) is 7.08. The van der Waals surface area contributed by atoms with E-state index in [1.54, 1.807) is 16.9 Å². The lowest BCUT2D eigenvalue weighted by Crippen LogP contribution is -2.40. The third-order valence-corrected chi connectivity index (χ3v) is 3.68. The number of aliphatic carboxylic acids is 1. The topological polar surface area (TPSA) is 88.4 Å². The van der Waals surface area contributed by atoms with E-state index >= 15 is 0 Å². The third kappa shape index (κ3) is 4.51. The maximum Gasteiger partial charge on any atom is 0.326 e. The number of carboxylic acid groups (broad SMARTS) is 1. The second-order valence-electron chi connectivity index (χ2n) is 4.26. The fourth-order valence-electron chi connectivity index (χ4n) is 1.68. The van der Waals surface area contributed by atoms with E-state index in [2.05, 4.69) is 5.32 Å². The van der Waals surface area contributed by atoms with Crippen LogP contribution in [0, 0.1) is 6.92 Å². The van der Waals surface area contributed by atoms with Gasteiger partial charge in [-0.2, -0.15) is 0 Å². The van der Waals surface area contributed by atoms with E-state index in [0.29, 0.717) is 19.4 Å². The van der Waals surface area contributed by atoms with Crippen LogP contribution in [0.5, 0.6) is 0 Å². The lowest BCUT2D eigenvalue weighted by atomic mass is 10.2. The van der Waals surface area contributed by atoms with Gasteiger partial charge in [-0.3, -0.25) is 9.59 Å². The van der Waals surface area contributed by atoms with Crippen molar-refractivity contribution in [3.05, 3.63) is 20.7 Å². The highest BCUT2D eigenvalue weighted by Crippen LogP contribution is 2.02. The average molecular weight is 286 g/mol. The van der Waals surface area contributed by atoms with Crippen LogP contribution >= 0.6 is 11.3 Å². The smallest absolute Gasteiger partial charge is 0.326 e. The molecule has 0 spiro atoms. The molecule has 106 valence electrons. The maximum atomic E-state index is 11.6. The molecule has 1 unspecified atom stereocenters. The molecular formula is C12H18N2O4S. The fraction of sp³-hybridized carbons (Fsp3) is 0.583. The van der Waals surface area contributed by atoms with Crippen molar-refractivity contribution in [2.24, 2.45) is 0 Å². The minimum Gasteiger partial charge on any atom is -0.480 e. The summed E-state index contributed by atoms with van der Waals surface area (Å²) in [5.74, 6) is -1.32. The molecule has 1 aromatic rings. The highest BCUT2D eigenvalue weighted by Gasteiger charge is 2.17. The first-order valence-electron chi connectivity index (χ1n) is 6.12. The molecule has 0 aliphatic rings. The lowest BCUT2D eigenvalue weighted by molar-refractivity contribution is -0.141. The Bertz CT molecular complexity index is 506. The van der Waals surface area contributed by atoms with Gasteiger partial charge < -0.3 is 15.0 Å². The first-order chi connectivity index (χ1) is 8.95. The van der Waals surface area contributed by atoms with Gasteiger partial charge in [-0.1, -0.05) is 18.3 Å². The first kappa shape index (κ1) is 15.4. The highest BCUT2D eigenvalue weighted by atomic mass is 32.1. The van der Waals surface area contributed by atoms with Crippen LogP contribution < -0.4 is 10.2 Å². The number of carbonyl (C=O) groups is 2. The average Bonchev–Trinajstić information content (AvgIpc) is 2.67. The summed E-state index contributed by atoms with van der Waals surface area (Å²) in [7, 11) is 0. The van der Waals surface area contributed by atoms with Crippen molar-refractivity contribution >= 4 is 23.2 Å². The molecule has 1 heterocycles. The molecular weight excluding hydrogens is 268 g/mol. The van der Waals surface area contributed by atoms with Crippen LogP contribution in [0.1, 0.15) is 31.9 Å². The maximum absolute atomic E-state index is 11.6. The van der Waals surface area contributed by atoms with Crippen molar-refractivity contribution in [1.29, 1.82) is 0 Å². The SMILES string of the molecule is CCC(NC(=O)CCCn1c(C)csc1=O)C(=O)O. The Morgan fingerprint density at radius 2 is 2.21 bits per heavy atom. The Labute approximate surface area is 115 Å². The molecule has 0 aliphatic heterocycles. The summed E-state index contributed by atoms with van der Waals surface area (Å²) in [5.41, 5.74) is 0.882. The highest BCUT2D eigenvalue weighted by molar-refractivity contribution is 7.07. The molecule has 6 nitrogen and oxygen atoms in total. The third-order valence-electron chi connectivity index (χ3n) is 2.80. The summed E-state index contributed by atoms with van der Waals surface area (Å²) in [6.45, 7) is 4.02. The van der Waals surface area contributed by atoms with Crippen LogP contribution in [0.25, 0.3) is 0 Å². The van der Waals surface area contributed by atoms with Crippen LogP contribution in [0.2, 0.25) is 0 Å². The molecule has 1 amide bonds. The van der Waals surface area contributed by atoms with Gasteiger partial charge in [-0.15, -0.1) is 0 Å². The molecule has 1 rings (SSSR count). The number of aromatic nitrogens is 1. The van der Waals surface area contributed by atoms with Gasteiger partial charge in [0.05, 0.1) is 0 Å². The molecule has 0 aliphatic carbocycles. The summed E-state index contributed by atoms with van der Waals surface area (Å²) >= 11 is 1.14. The van der Waals surface area contributed by atoms with Crippen molar-refractivity contribution in [2.75, 3.05) is 0 Å². The normalized spacial score (nSPS) is 12.1. The van der Waals surface area contributed by atoms with Gasteiger partial charge in [0, 0.05) is 24.0 Å². The first-order valence-corrected chi connectivity index (χ1v) is 7.00. The molecule has 19 heavy (non-hydrogen) atoms. The Balaban J connectivity index is 2.39. The zero-order valence-corrected chi connectivity index (χ0v) is 11.8. The minimum atomic E-state index is -1.03. The predicted octanol–water partition coefficient (Wildman–Crippen LogP) is 0.978. The van der Waals surface area contributed by atoms with Gasteiger partial charge in [0.15, 0.2) is 0 Å². The quantitative estimate of drug-likeness (QED) is 0.782. The molecule has 0 saturated carbocycles. The van der Waals surface area contributed by atoms with Gasteiger partial charge in [0.25, 0.3) is 0 Å². The number of nitrogens with zero attached hydrogens (tertiary/aromatic N) is 1. The zero-order valence-electron chi connectivity index (χ0n) is 11.0. The molecule has 1 aromatic heterocycles. The summed E-state index contributed by atoms with van der Waals surface area (Å²) in [6.07, 6.45) is 1.08. The van der Waals surface area contributed by atoms with E-state index in [1.807, 2.05) is 6.92 Å². The molecule has 1 atom stereocenters. The van der Waals surface area contributed by atoms with Gasteiger partial charge in [0.1, 0.15) is 6.04 Å². The zero-order chi connectivity index (χ0) is 14.4. The number of amides is 1. The number of aryl methyl sites for hydroxylation is 1. The number of carbonyl (C=O) groups excluding carboxylic acids is 1. The molecule has 2 N–H and O–H groups in total. The summed E-state index contributed by atoms with van der Waals surface area (Å²) in [6, 6.07) is -0.835. The summed E-state index contributed by atoms with van der Waals surface area (Å²) in [4.78, 5) is 33.7. The summed E-state index contributed by atoms with van der Waals surface area (Å²) < 4.78 is 1.62. The van der Waals surface area contributed by atoms with Crippen LogP contribution in [0.3, 0.4) is 0 Å². The van der Waals surface area contributed by atoms with E-state index in [9.17, 15) is 14.4 Å². The van der Waals surface area contributed by atoms with Crippen LogP contribution in [0.15, 0.2) is 10.2 Å². The number of rotatable bonds is 7. The van der Waals surface area contributed by atoms with Crippen molar-refractivity contribution in [3.63, 3.8) is 0 Å². The van der Waals surface area contributed by atoms with Gasteiger partial charge in [-0.05, 0) is 19.8 Å². The lowest BCUT2D eigenvalue weighted by Gasteiger charge is -2.12. The van der Waals surface area contributed by atoms with E-state index in [-0.39, 0.29) is 17.2 Å². The van der Waals surface area contributed by atoms with Gasteiger partial charge >= 0.3 is 10.8 Å². The number of nitrogens with one attached hydrogen (secondary N) is 1. The van der Waals surface area contributed by atoms with Crippen LogP contribution in [-0.4, -0.2) is 27.6 Å². The number of thiazole rings is 1. The van der Waals surface area contributed by atoms with Crippen molar-refractivity contribution in [2.45, 2.75) is 45.7 Å². The molecule has 0 bridgehead atoms. The van der Waals surface area contributed by atoms with Gasteiger partial charge in [-0.25, -0.2) is 4.79 Å². The fourth-order valence-corrected chi connectivity index (χ4v) is 2.44. The van der Waals surface area contributed by atoms with E-state index in [4.69, 9.17) is 5.11 Å². The van der Waals surface area contributed by atoms with E-state index in [0.717, 1.165) is 17.0 Å². The number of hydrogen-bond donors (Lipinski definition) is 2. The summed E-state index contributed by atoms with van der Waals surface area (Å²) in [5, 5.41) is 13.0. The van der Waals surface area contributed by atoms with E-state index in [1.165, 1.54) is 0 Å². The van der Waals surface area contributed by atoms with Crippen molar-refractivity contribution in [3.8, 4) is 0 Å². The number of carboxylic acids is 1. The molecule has 0 aromatic carbocycles.